The van der Waals surface area contributed by atoms with Crippen LogP contribution in [0.4, 0.5) is 5.69 Å². The molecule has 1 amide bonds. The fourth-order valence-corrected chi connectivity index (χ4v) is 5.41. The summed E-state index contributed by atoms with van der Waals surface area (Å²) < 4.78 is 7.97. The molecule has 1 aliphatic rings. The molecule has 0 radical (unpaired) electrons. The minimum absolute atomic E-state index is 0.0639. The highest BCUT2D eigenvalue weighted by Gasteiger charge is 2.22. The van der Waals surface area contributed by atoms with E-state index in [2.05, 4.69) is 38.5 Å². The second kappa shape index (κ2) is 9.44. The van der Waals surface area contributed by atoms with Crippen LogP contribution in [0.3, 0.4) is 0 Å². The van der Waals surface area contributed by atoms with Crippen LogP contribution >= 0.6 is 23.1 Å². The molecule has 6 nitrogen and oxygen atoms in total. The Labute approximate surface area is 195 Å². The number of fused-ring (bicyclic) bond motifs is 1. The van der Waals surface area contributed by atoms with Crippen LogP contribution in [-0.2, 0) is 16.1 Å². The minimum Gasteiger partial charge on any atom is -0.376 e. The van der Waals surface area contributed by atoms with E-state index >= 15 is 0 Å². The maximum absolute atomic E-state index is 12.8. The van der Waals surface area contributed by atoms with Crippen molar-refractivity contribution < 1.29 is 9.53 Å². The number of hydrogen-bond donors (Lipinski definition) is 1. The van der Waals surface area contributed by atoms with E-state index < -0.39 is 0 Å². The summed E-state index contributed by atoms with van der Waals surface area (Å²) in [6.07, 6.45) is 2.27. The number of nitrogens with zero attached hydrogens (tertiary/aromatic N) is 3. The van der Waals surface area contributed by atoms with Crippen LogP contribution in [0.2, 0.25) is 0 Å². The molecule has 4 aromatic rings. The van der Waals surface area contributed by atoms with Crippen molar-refractivity contribution in [1.82, 2.24) is 14.8 Å². The number of carbonyl (C=O) groups is 1. The van der Waals surface area contributed by atoms with Crippen molar-refractivity contribution in [1.29, 1.82) is 0 Å². The van der Waals surface area contributed by atoms with Crippen molar-refractivity contribution in [2.75, 3.05) is 17.7 Å². The predicted molar refractivity (Wildman–Crippen MR) is 130 cm³/mol. The van der Waals surface area contributed by atoms with Gasteiger partial charge in [0.1, 0.15) is 0 Å². The number of rotatable bonds is 7. The van der Waals surface area contributed by atoms with Crippen LogP contribution in [0.1, 0.15) is 17.7 Å². The van der Waals surface area contributed by atoms with Crippen LogP contribution in [0, 0.1) is 6.92 Å². The summed E-state index contributed by atoms with van der Waals surface area (Å²) in [6, 6.07) is 16.1. The Morgan fingerprint density at radius 1 is 1.25 bits per heavy atom. The van der Waals surface area contributed by atoms with Crippen LogP contribution in [0.5, 0.6) is 0 Å². The topological polar surface area (TPSA) is 69.0 Å². The van der Waals surface area contributed by atoms with Gasteiger partial charge in [0.15, 0.2) is 11.0 Å². The van der Waals surface area contributed by atoms with Gasteiger partial charge in [-0.2, -0.15) is 0 Å². The highest BCUT2D eigenvalue weighted by atomic mass is 32.2. The summed E-state index contributed by atoms with van der Waals surface area (Å²) >= 11 is 3.11. The average Bonchev–Trinajstić information content (AvgIpc) is 3.55. The summed E-state index contributed by atoms with van der Waals surface area (Å²) in [5, 5.41) is 16.9. The number of hydrogen-bond acceptors (Lipinski definition) is 6. The Hall–Kier alpha value is -2.68. The highest BCUT2D eigenvalue weighted by Crippen LogP contribution is 2.29. The Bertz CT molecular complexity index is 1240. The van der Waals surface area contributed by atoms with Crippen molar-refractivity contribution in [3.05, 3.63) is 58.8 Å². The van der Waals surface area contributed by atoms with Crippen LogP contribution in [0.15, 0.2) is 59.1 Å². The third kappa shape index (κ3) is 4.57. The summed E-state index contributed by atoms with van der Waals surface area (Å²) in [6.45, 7) is 3.59. The van der Waals surface area contributed by atoms with E-state index in [0.717, 1.165) is 52.5 Å². The second-order valence-corrected chi connectivity index (χ2v) is 9.92. The van der Waals surface area contributed by atoms with E-state index in [4.69, 9.17) is 4.74 Å². The number of aryl methyl sites for hydroxylation is 1. The zero-order chi connectivity index (χ0) is 21.9. The number of thioether (sulfide) groups is 1. The lowest BCUT2D eigenvalue weighted by Gasteiger charge is -2.14. The van der Waals surface area contributed by atoms with Gasteiger partial charge in [-0.25, -0.2) is 0 Å². The van der Waals surface area contributed by atoms with Gasteiger partial charge in [-0.15, -0.1) is 21.5 Å². The molecule has 1 unspecified atom stereocenters. The Balaban J connectivity index is 1.33. The zero-order valence-electron chi connectivity index (χ0n) is 17.8. The normalized spacial score (nSPS) is 16.0. The molecular formula is C24H24N4O2S2. The fourth-order valence-electron chi connectivity index (χ4n) is 3.98. The molecule has 0 aliphatic carbocycles. The van der Waals surface area contributed by atoms with Crippen molar-refractivity contribution >= 4 is 45.5 Å². The molecule has 1 atom stereocenters. The van der Waals surface area contributed by atoms with E-state index in [-0.39, 0.29) is 17.8 Å². The summed E-state index contributed by atoms with van der Waals surface area (Å²) in [7, 11) is 0. The van der Waals surface area contributed by atoms with Gasteiger partial charge in [0.2, 0.25) is 5.91 Å². The number of ether oxygens (including phenoxy) is 1. The average molecular weight is 465 g/mol. The molecule has 1 aliphatic heterocycles. The van der Waals surface area contributed by atoms with Crippen molar-refractivity contribution in [2.45, 2.75) is 37.6 Å². The zero-order valence-corrected chi connectivity index (χ0v) is 19.4. The molecule has 5 rings (SSSR count). The number of carbonyl (C=O) groups excluding carboxylic acids is 1. The van der Waals surface area contributed by atoms with E-state index in [9.17, 15) is 4.79 Å². The van der Waals surface area contributed by atoms with E-state index in [1.807, 2.05) is 42.5 Å². The lowest BCUT2D eigenvalue weighted by atomic mass is 10.1. The molecule has 0 saturated carbocycles. The monoisotopic (exact) mass is 464 g/mol. The number of amides is 1. The molecule has 0 spiro atoms. The number of thiophene rings is 1. The second-order valence-electron chi connectivity index (χ2n) is 7.86. The lowest BCUT2D eigenvalue weighted by molar-refractivity contribution is -0.113. The molecule has 3 heterocycles. The molecule has 2 aromatic heterocycles. The van der Waals surface area contributed by atoms with Crippen LogP contribution in [-0.4, -0.2) is 39.1 Å². The van der Waals surface area contributed by atoms with Gasteiger partial charge in [-0.1, -0.05) is 48.2 Å². The lowest BCUT2D eigenvalue weighted by Crippen LogP contribution is -2.18. The summed E-state index contributed by atoms with van der Waals surface area (Å²) in [4.78, 5) is 14.0. The first kappa shape index (κ1) is 21.2. The van der Waals surface area contributed by atoms with E-state index in [1.54, 1.807) is 11.3 Å². The van der Waals surface area contributed by atoms with Crippen LogP contribution < -0.4 is 5.32 Å². The first-order chi connectivity index (χ1) is 15.7. The van der Waals surface area contributed by atoms with Gasteiger partial charge in [0.25, 0.3) is 0 Å². The molecule has 32 heavy (non-hydrogen) atoms. The van der Waals surface area contributed by atoms with Crippen molar-refractivity contribution in [3.63, 3.8) is 0 Å². The minimum atomic E-state index is -0.0639. The largest absolute Gasteiger partial charge is 0.376 e. The number of anilines is 1. The Morgan fingerprint density at radius 2 is 2.12 bits per heavy atom. The summed E-state index contributed by atoms with van der Waals surface area (Å²) in [5.41, 5.74) is 1.88. The predicted octanol–water partition coefficient (Wildman–Crippen LogP) is 5.38. The van der Waals surface area contributed by atoms with Gasteiger partial charge >= 0.3 is 0 Å². The number of nitrogens with one attached hydrogen (secondary N) is 1. The van der Waals surface area contributed by atoms with Gasteiger partial charge in [-0.05, 0) is 37.3 Å². The number of benzene rings is 2. The standard InChI is InChI=1S/C24H24N4O2S2/c1-16-12-18(14-31-16)23-26-27-24(28(23)13-19-8-5-11-30-19)32-15-22(29)25-21-10-4-7-17-6-2-3-9-20(17)21/h2-4,6-7,9-10,12,14,19H,5,8,11,13,15H2,1H3,(H,25,29). The van der Waals surface area contributed by atoms with Gasteiger partial charge < -0.3 is 10.1 Å². The van der Waals surface area contributed by atoms with Gasteiger partial charge in [0, 0.05) is 33.5 Å². The third-order valence-electron chi connectivity index (χ3n) is 5.51. The molecule has 1 N–H and O–H groups in total. The summed E-state index contributed by atoms with van der Waals surface area (Å²) in [5.74, 6) is 1.03. The fraction of sp³-hybridized carbons (Fsp3) is 0.292. The van der Waals surface area contributed by atoms with Gasteiger partial charge in [0.05, 0.1) is 18.4 Å². The SMILES string of the molecule is Cc1cc(-c2nnc(SCC(=O)Nc3cccc4ccccc34)n2CC2CCCO2)cs1. The van der Waals surface area contributed by atoms with E-state index in [1.165, 1.54) is 16.6 Å². The van der Waals surface area contributed by atoms with Crippen LogP contribution in [0.25, 0.3) is 22.2 Å². The quantitative estimate of drug-likeness (QED) is 0.372. The molecule has 1 saturated heterocycles. The first-order valence-electron chi connectivity index (χ1n) is 10.7. The molecule has 1 fully saturated rings. The molecule has 8 heteroatoms. The van der Waals surface area contributed by atoms with Crippen molar-refractivity contribution in [2.24, 2.45) is 0 Å². The van der Waals surface area contributed by atoms with E-state index in [0.29, 0.717) is 6.54 Å². The maximum atomic E-state index is 12.8. The molecule has 164 valence electrons. The third-order valence-corrected chi connectivity index (χ3v) is 7.34. The number of aromatic nitrogens is 3. The molecule has 2 aromatic carbocycles. The Kier molecular flexibility index (Phi) is 6.25. The Morgan fingerprint density at radius 3 is 2.94 bits per heavy atom. The smallest absolute Gasteiger partial charge is 0.234 e. The molecule has 0 bridgehead atoms. The van der Waals surface area contributed by atoms with Gasteiger partial charge in [-0.3, -0.25) is 9.36 Å². The first-order valence-corrected chi connectivity index (χ1v) is 12.5. The highest BCUT2D eigenvalue weighted by molar-refractivity contribution is 7.99. The van der Waals surface area contributed by atoms with Crippen molar-refractivity contribution in [3.8, 4) is 11.4 Å². The maximum Gasteiger partial charge on any atom is 0.234 e. The molecular weight excluding hydrogens is 440 g/mol.